The molecule has 0 spiro atoms. The molecule has 0 amide bonds. The summed E-state index contributed by atoms with van der Waals surface area (Å²) >= 11 is 3.30. The quantitative estimate of drug-likeness (QED) is 0.465. The Morgan fingerprint density at radius 1 is 0.964 bits per heavy atom. The summed E-state index contributed by atoms with van der Waals surface area (Å²) in [5.74, 6) is 0.0922. The van der Waals surface area contributed by atoms with Crippen molar-refractivity contribution in [3.63, 3.8) is 0 Å². The van der Waals surface area contributed by atoms with Crippen LogP contribution in [0.15, 0.2) is 80.5 Å². The minimum absolute atomic E-state index is 0.0919. The van der Waals surface area contributed by atoms with E-state index in [1.54, 1.807) is 50.2 Å². The molecule has 0 fully saturated rings. The highest BCUT2D eigenvalue weighted by Gasteiger charge is 2.17. The van der Waals surface area contributed by atoms with Crippen LogP contribution in [0.2, 0.25) is 0 Å². The standard InChI is InChI=1S/C21H19BrN2O3S/c1-14-12-18(25)13-15(2)20(14)23-21(16-6-4-3-5-7-16)24-28(26,27)19-10-8-17(22)9-11-19/h3-13,25H,1-2H3,(H,23,24)/p-1. The second kappa shape index (κ2) is 8.16. The first-order valence-corrected chi connectivity index (χ1v) is 10.7. The molecule has 28 heavy (non-hydrogen) atoms. The zero-order chi connectivity index (χ0) is 20.3. The minimum atomic E-state index is -3.94. The number of aryl methyl sites for hydroxylation is 2. The van der Waals surface area contributed by atoms with Crippen LogP contribution in [0.5, 0.6) is 5.75 Å². The highest BCUT2D eigenvalue weighted by molar-refractivity contribution is 9.10. The van der Waals surface area contributed by atoms with Gasteiger partial charge in [0.2, 0.25) is 0 Å². The predicted molar refractivity (Wildman–Crippen MR) is 113 cm³/mol. The van der Waals surface area contributed by atoms with Gasteiger partial charge in [0.15, 0.2) is 5.84 Å². The molecule has 5 nitrogen and oxygen atoms in total. The van der Waals surface area contributed by atoms with E-state index in [1.165, 1.54) is 24.3 Å². The van der Waals surface area contributed by atoms with Crippen LogP contribution in [0.4, 0.5) is 5.69 Å². The van der Waals surface area contributed by atoms with E-state index in [0.717, 1.165) is 15.6 Å². The van der Waals surface area contributed by atoms with Gasteiger partial charge in [-0.05, 0) is 49.2 Å². The zero-order valence-electron chi connectivity index (χ0n) is 15.3. The third-order valence-electron chi connectivity index (χ3n) is 4.12. The molecule has 0 unspecified atom stereocenters. The lowest BCUT2D eigenvalue weighted by Gasteiger charge is -2.18. The molecule has 1 N–H and O–H groups in total. The number of rotatable bonds is 4. The molecule has 3 aromatic carbocycles. The molecule has 3 rings (SSSR count). The molecule has 0 bridgehead atoms. The Morgan fingerprint density at radius 2 is 1.54 bits per heavy atom. The second-order valence-corrected chi connectivity index (χ2v) is 8.81. The molecule has 144 valence electrons. The monoisotopic (exact) mass is 457 g/mol. The lowest BCUT2D eigenvalue weighted by atomic mass is 10.1. The first-order chi connectivity index (χ1) is 13.3. The van der Waals surface area contributed by atoms with Crippen molar-refractivity contribution >= 4 is 37.5 Å². The van der Waals surface area contributed by atoms with Crippen LogP contribution in [0.3, 0.4) is 0 Å². The zero-order valence-corrected chi connectivity index (χ0v) is 17.7. The Balaban J connectivity index is 2.11. The van der Waals surface area contributed by atoms with E-state index in [2.05, 4.69) is 25.6 Å². The van der Waals surface area contributed by atoms with E-state index < -0.39 is 10.0 Å². The number of halogens is 1. The fourth-order valence-electron chi connectivity index (χ4n) is 2.76. The van der Waals surface area contributed by atoms with E-state index in [1.807, 2.05) is 6.07 Å². The summed E-state index contributed by atoms with van der Waals surface area (Å²) in [5.41, 5.74) is 2.71. The molecular weight excluding hydrogens is 440 g/mol. The van der Waals surface area contributed by atoms with Gasteiger partial charge >= 0.3 is 0 Å². The van der Waals surface area contributed by atoms with Crippen molar-refractivity contribution in [2.45, 2.75) is 18.7 Å². The largest absolute Gasteiger partial charge is 0.872 e. The van der Waals surface area contributed by atoms with Crippen molar-refractivity contribution in [1.82, 2.24) is 0 Å². The number of anilines is 1. The molecule has 0 heterocycles. The molecule has 3 aromatic rings. The Morgan fingerprint density at radius 3 is 2.11 bits per heavy atom. The predicted octanol–water partition coefficient (Wildman–Crippen LogP) is 4.39. The average molecular weight is 458 g/mol. The van der Waals surface area contributed by atoms with Crippen LogP contribution >= 0.6 is 15.9 Å². The molecular formula is C21H18BrN2O3S-. The van der Waals surface area contributed by atoms with Gasteiger partial charge in [-0.1, -0.05) is 58.4 Å². The Bertz CT molecular complexity index is 1100. The van der Waals surface area contributed by atoms with Crippen LogP contribution in [0.1, 0.15) is 16.7 Å². The van der Waals surface area contributed by atoms with Gasteiger partial charge in [-0.15, -0.1) is 10.1 Å². The number of hydrogen-bond acceptors (Lipinski definition) is 3. The average Bonchev–Trinajstić information content (AvgIpc) is 2.64. The number of nitrogens with one attached hydrogen (secondary N) is 1. The maximum atomic E-state index is 12.8. The van der Waals surface area contributed by atoms with Gasteiger partial charge in [0.05, 0.1) is 4.90 Å². The molecule has 0 radical (unpaired) electrons. The van der Waals surface area contributed by atoms with Crippen molar-refractivity contribution in [3.05, 3.63) is 87.9 Å². The highest BCUT2D eigenvalue weighted by Crippen LogP contribution is 2.25. The number of hydrogen-bond donors (Lipinski definition) is 1. The van der Waals surface area contributed by atoms with Crippen LogP contribution < -0.4 is 10.4 Å². The molecule has 0 aliphatic rings. The maximum Gasteiger partial charge on any atom is 0.284 e. The number of nitrogens with zero attached hydrogens (tertiary/aromatic N) is 1. The molecule has 0 aromatic heterocycles. The van der Waals surface area contributed by atoms with Gasteiger partial charge in [0, 0.05) is 15.7 Å². The molecule has 0 saturated carbocycles. The normalized spacial score (nSPS) is 12.0. The fourth-order valence-corrected chi connectivity index (χ4v) is 4.00. The Hall–Kier alpha value is -2.64. The van der Waals surface area contributed by atoms with E-state index in [-0.39, 0.29) is 16.5 Å². The summed E-state index contributed by atoms with van der Waals surface area (Å²) < 4.78 is 30.5. The summed E-state index contributed by atoms with van der Waals surface area (Å²) in [6, 6.07) is 18.3. The SMILES string of the molecule is Cc1cc([O-])cc(C)c1NC(=NS(=O)(=O)c1ccc(Br)cc1)c1ccccc1. The fraction of sp³-hybridized carbons (Fsp3) is 0.0952. The minimum Gasteiger partial charge on any atom is -0.872 e. The van der Waals surface area contributed by atoms with E-state index in [0.29, 0.717) is 11.3 Å². The summed E-state index contributed by atoms with van der Waals surface area (Å²) in [6.45, 7) is 3.59. The highest BCUT2D eigenvalue weighted by atomic mass is 79.9. The Kier molecular flexibility index (Phi) is 5.86. The molecule has 0 aliphatic carbocycles. The van der Waals surface area contributed by atoms with E-state index >= 15 is 0 Å². The first-order valence-electron chi connectivity index (χ1n) is 8.47. The summed E-state index contributed by atoms with van der Waals surface area (Å²) in [6.07, 6.45) is 0. The third kappa shape index (κ3) is 4.61. The second-order valence-electron chi connectivity index (χ2n) is 6.29. The van der Waals surface area contributed by atoms with Crippen molar-refractivity contribution in [1.29, 1.82) is 0 Å². The molecule has 7 heteroatoms. The van der Waals surface area contributed by atoms with Crippen molar-refractivity contribution in [2.24, 2.45) is 4.40 Å². The molecule has 0 aliphatic heterocycles. The van der Waals surface area contributed by atoms with Crippen LogP contribution in [0.25, 0.3) is 0 Å². The van der Waals surface area contributed by atoms with Gasteiger partial charge in [-0.25, -0.2) is 0 Å². The van der Waals surface area contributed by atoms with Gasteiger partial charge in [-0.2, -0.15) is 8.42 Å². The van der Waals surface area contributed by atoms with E-state index in [9.17, 15) is 13.5 Å². The summed E-state index contributed by atoms with van der Waals surface area (Å²) in [5, 5.41) is 14.8. The smallest absolute Gasteiger partial charge is 0.284 e. The summed E-state index contributed by atoms with van der Waals surface area (Å²) in [4.78, 5) is 0.0919. The molecule has 0 atom stereocenters. The Labute approximate surface area is 173 Å². The van der Waals surface area contributed by atoms with Crippen molar-refractivity contribution in [3.8, 4) is 5.75 Å². The number of sulfonamides is 1. The third-order valence-corrected chi connectivity index (χ3v) is 5.94. The van der Waals surface area contributed by atoms with Crippen LogP contribution in [0, 0.1) is 13.8 Å². The maximum absolute atomic E-state index is 12.8. The number of amidine groups is 1. The van der Waals surface area contributed by atoms with Gasteiger partial charge < -0.3 is 10.4 Å². The lowest BCUT2D eigenvalue weighted by Crippen LogP contribution is -2.18. The summed E-state index contributed by atoms with van der Waals surface area (Å²) in [7, 11) is -3.94. The lowest BCUT2D eigenvalue weighted by molar-refractivity contribution is -0.268. The van der Waals surface area contributed by atoms with Gasteiger partial charge in [-0.3, -0.25) is 0 Å². The number of benzene rings is 3. The van der Waals surface area contributed by atoms with Gasteiger partial charge in [0.1, 0.15) is 0 Å². The topological polar surface area (TPSA) is 81.6 Å². The van der Waals surface area contributed by atoms with E-state index in [4.69, 9.17) is 0 Å². The molecule has 0 saturated heterocycles. The van der Waals surface area contributed by atoms with Crippen molar-refractivity contribution in [2.75, 3.05) is 5.32 Å². The first kappa shape index (κ1) is 20.1. The van der Waals surface area contributed by atoms with Crippen LogP contribution in [-0.2, 0) is 10.0 Å². The van der Waals surface area contributed by atoms with Gasteiger partial charge in [0.25, 0.3) is 10.0 Å². The van der Waals surface area contributed by atoms with Crippen molar-refractivity contribution < 1.29 is 13.5 Å². The van der Waals surface area contributed by atoms with Crippen LogP contribution in [-0.4, -0.2) is 14.3 Å².